The van der Waals surface area contributed by atoms with Gasteiger partial charge in [-0.2, -0.15) is 0 Å². The zero-order valence-electron chi connectivity index (χ0n) is 13.3. The van der Waals surface area contributed by atoms with Crippen LogP contribution in [0.5, 0.6) is 0 Å². The summed E-state index contributed by atoms with van der Waals surface area (Å²) in [6.45, 7) is 0.309. The molecule has 1 N–H and O–H groups in total. The Morgan fingerprint density at radius 3 is 2.64 bits per heavy atom. The minimum absolute atomic E-state index is 0.210. The van der Waals surface area contributed by atoms with E-state index in [4.69, 9.17) is 4.74 Å². The van der Waals surface area contributed by atoms with Crippen molar-refractivity contribution in [1.82, 2.24) is 4.98 Å². The fourth-order valence-electron chi connectivity index (χ4n) is 3.14. The molecule has 1 aliphatic heterocycles. The second kappa shape index (κ2) is 6.43. The third kappa shape index (κ3) is 2.65. The molecule has 0 radical (unpaired) electrons. The number of amides is 1. The Bertz CT molecular complexity index is 915. The first-order valence-corrected chi connectivity index (χ1v) is 8.70. The van der Waals surface area contributed by atoms with Crippen molar-refractivity contribution < 1.29 is 9.53 Å². The van der Waals surface area contributed by atoms with E-state index < -0.39 is 5.60 Å². The molecule has 0 spiro atoms. The average Bonchev–Trinajstić information content (AvgIpc) is 2.95. The predicted octanol–water partition coefficient (Wildman–Crippen LogP) is 4.26. The minimum Gasteiger partial charge on any atom is -0.351 e. The molecule has 1 aromatic heterocycles. The Morgan fingerprint density at radius 1 is 1.04 bits per heavy atom. The van der Waals surface area contributed by atoms with E-state index in [1.54, 1.807) is 12.4 Å². The number of aromatic nitrogens is 1. The van der Waals surface area contributed by atoms with Gasteiger partial charge in [0.15, 0.2) is 0 Å². The maximum absolute atomic E-state index is 13.0. The summed E-state index contributed by atoms with van der Waals surface area (Å²) in [5, 5.41) is 2.94. The van der Waals surface area contributed by atoms with Crippen LogP contribution in [0.3, 0.4) is 0 Å². The molecule has 0 bridgehead atoms. The fraction of sp³-hybridized carbons (Fsp3) is 0.100. The first-order chi connectivity index (χ1) is 12.2. The highest BCUT2D eigenvalue weighted by atomic mass is 79.9. The molecule has 0 saturated carbocycles. The normalized spacial score (nSPS) is 18.7. The summed E-state index contributed by atoms with van der Waals surface area (Å²) in [4.78, 5) is 17.2. The van der Waals surface area contributed by atoms with Crippen LogP contribution < -0.4 is 5.32 Å². The Morgan fingerprint density at radius 2 is 1.88 bits per heavy atom. The van der Waals surface area contributed by atoms with E-state index in [2.05, 4.69) is 26.2 Å². The maximum atomic E-state index is 13.0. The number of pyridine rings is 1. The molecule has 4 rings (SSSR count). The van der Waals surface area contributed by atoms with E-state index >= 15 is 0 Å². The van der Waals surface area contributed by atoms with Crippen LogP contribution in [-0.4, -0.2) is 10.9 Å². The Kier molecular flexibility index (Phi) is 4.11. The van der Waals surface area contributed by atoms with Crippen molar-refractivity contribution in [2.24, 2.45) is 0 Å². The smallest absolute Gasteiger partial charge is 0.266 e. The number of anilines is 1. The number of benzene rings is 2. The lowest BCUT2D eigenvalue weighted by Crippen LogP contribution is -2.39. The van der Waals surface area contributed by atoms with Gasteiger partial charge < -0.3 is 10.1 Å². The molecular weight excluding hydrogens is 380 g/mol. The van der Waals surface area contributed by atoms with Gasteiger partial charge in [-0.3, -0.25) is 9.78 Å². The summed E-state index contributed by atoms with van der Waals surface area (Å²) in [7, 11) is 0. The van der Waals surface area contributed by atoms with Gasteiger partial charge in [-0.25, -0.2) is 0 Å². The van der Waals surface area contributed by atoms with Crippen LogP contribution in [0.25, 0.3) is 0 Å². The number of ether oxygens (including phenoxy) is 1. The number of hydrogen-bond acceptors (Lipinski definition) is 3. The van der Waals surface area contributed by atoms with Crippen LogP contribution in [0.4, 0.5) is 5.69 Å². The first kappa shape index (κ1) is 16.0. The highest BCUT2D eigenvalue weighted by molar-refractivity contribution is 9.10. The van der Waals surface area contributed by atoms with Crippen molar-refractivity contribution in [3.05, 3.63) is 94.2 Å². The lowest BCUT2D eigenvalue weighted by molar-refractivity contribution is -0.137. The van der Waals surface area contributed by atoms with Gasteiger partial charge in [-0.1, -0.05) is 58.4 Å². The van der Waals surface area contributed by atoms with Gasteiger partial charge in [0.05, 0.1) is 6.61 Å². The number of rotatable bonds is 4. The number of nitrogens with one attached hydrogen (secondary N) is 1. The summed E-state index contributed by atoms with van der Waals surface area (Å²) in [5.41, 5.74) is 1.99. The molecule has 1 unspecified atom stereocenters. The molecule has 124 valence electrons. The van der Waals surface area contributed by atoms with E-state index in [-0.39, 0.29) is 5.91 Å². The molecule has 0 saturated heterocycles. The van der Waals surface area contributed by atoms with Crippen molar-refractivity contribution in [2.45, 2.75) is 12.2 Å². The monoisotopic (exact) mass is 394 g/mol. The second-order valence-corrected chi connectivity index (χ2v) is 6.67. The summed E-state index contributed by atoms with van der Waals surface area (Å²) in [6, 6.07) is 19.2. The second-order valence-electron chi connectivity index (χ2n) is 5.81. The average molecular weight is 395 g/mol. The quantitative estimate of drug-likeness (QED) is 0.719. The van der Waals surface area contributed by atoms with E-state index in [9.17, 15) is 4.79 Å². The van der Waals surface area contributed by atoms with Gasteiger partial charge in [-0.05, 0) is 23.8 Å². The van der Waals surface area contributed by atoms with Crippen LogP contribution in [0.15, 0.2) is 77.5 Å². The predicted molar refractivity (Wildman–Crippen MR) is 99.0 cm³/mol. The molecule has 1 aliphatic rings. The molecule has 2 heterocycles. The highest BCUT2D eigenvalue weighted by Gasteiger charge is 2.51. The molecule has 0 fully saturated rings. The first-order valence-electron chi connectivity index (χ1n) is 7.90. The lowest BCUT2D eigenvalue weighted by Gasteiger charge is -2.29. The SMILES string of the molecule is O=C1Nc2cccc(Br)c2C1(OCc1ccccc1)c1cccnc1. The number of nitrogens with zero attached hydrogens (tertiary/aromatic N) is 1. The third-order valence-electron chi connectivity index (χ3n) is 4.30. The summed E-state index contributed by atoms with van der Waals surface area (Å²) in [5.74, 6) is -0.210. The van der Waals surface area contributed by atoms with Crippen LogP contribution in [0.1, 0.15) is 16.7 Å². The molecule has 1 amide bonds. The minimum atomic E-state index is -1.24. The summed E-state index contributed by atoms with van der Waals surface area (Å²) >= 11 is 3.58. The van der Waals surface area contributed by atoms with Crippen molar-refractivity contribution in [3.8, 4) is 0 Å². The largest absolute Gasteiger partial charge is 0.351 e. The molecule has 4 nitrogen and oxygen atoms in total. The van der Waals surface area contributed by atoms with Crippen LogP contribution >= 0.6 is 15.9 Å². The van der Waals surface area contributed by atoms with E-state index in [0.717, 1.165) is 21.3 Å². The van der Waals surface area contributed by atoms with Gasteiger partial charge >= 0.3 is 0 Å². The standard InChI is InChI=1S/C20H15BrN2O2/c21-16-9-4-10-17-18(16)20(19(24)23-17,15-8-5-11-22-12-15)25-13-14-6-2-1-3-7-14/h1-12H,13H2,(H,23,24). The highest BCUT2D eigenvalue weighted by Crippen LogP contribution is 2.47. The molecule has 5 heteroatoms. The summed E-state index contributed by atoms with van der Waals surface area (Å²) < 4.78 is 7.12. The number of halogens is 1. The Labute approximate surface area is 154 Å². The van der Waals surface area contributed by atoms with Crippen molar-refractivity contribution in [2.75, 3.05) is 5.32 Å². The summed E-state index contributed by atoms with van der Waals surface area (Å²) in [6.07, 6.45) is 3.36. The van der Waals surface area contributed by atoms with Gasteiger partial charge in [0.2, 0.25) is 5.60 Å². The zero-order valence-corrected chi connectivity index (χ0v) is 14.9. The maximum Gasteiger partial charge on any atom is 0.266 e. The fourth-order valence-corrected chi connectivity index (χ4v) is 3.79. The van der Waals surface area contributed by atoms with Crippen molar-refractivity contribution in [1.29, 1.82) is 0 Å². The van der Waals surface area contributed by atoms with Gasteiger partial charge in [0, 0.05) is 33.7 Å². The topological polar surface area (TPSA) is 51.2 Å². The van der Waals surface area contributed by atoms with Gasteiger partial charge in [0.1, 0.15) is 0 Å². The van der Waals surface area contributed by atoms with Gasteiger partial charge in [-0.15, -0.1) is 0 Å². The van der Waals surface area contributed by atoms with Crippen molar-refractivity contribution in [3.63, 3.8) is 0 Å². The number of carbonyl (C=O) groups excluding carboxylic acids is 1. The zero-order chi connectivity index (χ0) is 17.3. The molecule has 3 aromatic rings. The Balaban J connectivity index is 1.85. The van der Waals surface area contributed by atoms with E-state index in [1.807, 2.05) is 60.7 Å². The lowest BCUT2D eigenvalue weighted by atomic mass is 9.88. The Hall–Kier alpha value is -2.50. The molecule has 2 aromatic carbocycles. The molecule has 25 heavy (non-hydrogen) atoms. The number of carbonyl (C=O) groups is 1. The third-order valence-corrected chi connectivity index (χ3v) is 4.96. The number of fused-ring (bicyclic) bond motifs is 1. The van der Waals surface area contributed by atoms with Crippen LogP contribution in [-0.2, 0) is 21.7 Å². The van der Waals surface area contributed by atoms with Gasteiger partial charge in [0.25, 0.3) is 5.91 Å². The molecular formula is C20H15BrN2O2. The van der Waals surface area contributed by atoms with E-state index in [0.29, 0.717) is 12.2 Å². The molecule has 1 atom stereocenters. The van der Waals surface area contributed by atoms with Crippen molar-refractivity contribution >= 4 is 27.5 Å². The number of hydrogen-bond donors (Lipinski definition) is 1. The van der Waals surface area contributed by atoms with E-state index in [1.165, 1.54) is 0 Å². The van der Waals surface area contributed by atoms with Crippen LogP contribution in [0, 0.1) is 0 Å². The van der Waals surface area contributed by atoms with Crippen LogP contribution in [0.2, 0.25) is 0 Å². The molecule has 0 aliphatic carbocycles.